The van der Waals surface area contributed by atoms with Crippen molar-refractivity contribution in [2.45, 2.75) is 26.7 Å². The molecule has 2 heterocycles. The van der Waals surface area contributed by atoms with E-state index < -0.39 is 0 Å². The van der Waals surface area contributed by atoms with Gasteiger partial charge in [0.05, 0.1) is 16.7 Å². The summed E-state index contributed by atoms with van der Waals surface area (Å²) in [6.07, 6.45) is 1.44. The van der Waals surface area contributed by atoms with E-state index in [2.05, 4.69) is 20.6 Å². The van der Waals surface area contributed by atoms with Gasteiger partial charge in [0.25, 0.3) is 0 Å². The van der Waals surface area contributed by atoms with Crippen LogP contribution in [0.1, 0.15) is 29.8 Å². The Labute approximate surface area is 123 Å². The van der Waals surface area contributed by atoms with Crippen LogP contribution in [0.5, 0.6) is 0 Å². The van der Waals surface area contributed by atoms with Gasteiger partial charge in [0.2, 0.25) is 0 Å². The maximum absolute atomic E-state index is 5.99. The molecule has 0 radical (unpaired) electrons. The highest BCUT2D eigenvalue weighted by Crippen LogP contribution is 2.19. The van der Waals surface area contributed by atoms with Gasteiger partial charge < -0.3 is 10.3 Å². The first-order valence-electron chi connectivity index (χ1n) is 7.12. The average Bonchev–Trinajstić information content (AvgIpc) is 2.80. The molecule has 0 aliphatic carbocycles. The number of rotatable bonds is 3. The van der Waals surface area contributed by atoms with Crippen LogP contribution in [0.4, 0.5) is 5.82 Å². The van der Waals surface area contributed by atoms with Gasteiger partial charge in [-0.15, -0.1) is 0 Å². The Morgan fingerprint density at radius 1 is 1.14 bits per heavy atom. The van der Waals surface area contributed by atoms with Crippen LogP contribution in [-0.4, -0.2) is 19.5 Å². The molecule has 0 unspecified atom stereocenters. The predicted octanol–water partition coefficient (Wildman–Crippen LogP) is 2.41. The summed E-state index contributed by atoms with van der Waals surface area (Å²) in [5, 5.41) is 0. The summed E-state index contributed by atoms with van der Waals surface area (Å²) < 4.78 is 2.11. The minimum absolute atomic E-state index is 0.565. The number of aryl methyl sites for hydroxylation is 2. The largest absolute Gasteiger partial charge is 0.383 e. The van der Waals surface area contributed by atoms with Gasteiger partial charge in [-0.1, -0.05) is 19.1 Å². The van der Waals surface area contributed by atoms with Crippen molar-refractivity contribution in [1.82, 2.24) is 19.5 Å². The third-order valence-electron chi connectivity index (χ3n) is 3.85. The maximum Gasteiger partial charge on any atom is 0.130 e. The Balaban J connectivity index is 2.06. The van der Waals surface area contributed by atoms with Gasteiger partial charge in [0, 0.05) is 25.5 Å². The van der Waals surface area contributed by atoms with E-state index >= 15 is 0 Å². The van der Waals surface area contributed by atoms with Crippen molar-refractivity contribution in [3.63, 3.8) is 0 Å². The smallest absolute Gasteiger partial charge is 0.130 e. The second-order valence-electron chi connectivity index (χ2n) is 5.20. The monoisotopic (exact) mass is 281 g/mol. The summed E-state index contributed by atoms with van der Waals surface area (Å²) in [6.45, 7) is 4.00. The lowest BCUT2D eigenvalue weighted by Gasteiger charge is -2.09. The molecule has 2 aromatic heterocycles. The third kappa shape index (κ3) is 2.35. The minimum Gasteiger partial charge on any atom is -0.383 e. The van der Waals surface area contributed by atoms with Crippen LogP contribution >= 0.6 is 0 Å². The summed E-state index contributed by atoms with van der Waals surface area (Å²) in [7, 11) is 2.03. The van der Waals surface area contributed by atoms with E-state index in [1.54, 1.807) is 0 Å². The molecule has 2 N–H and O–H groups in total. The maximum atomic E-state index is 5.99. The lowest BCUT2D eigenvalue weighted by Crippen LogP contribution is -2.09. The number of para-hydroxylation sites is 2. The number of imidazole rings is 1. The molecule has 0 spiro atoms. The molecule has 0 bridgehead atoms. The summed E-state index contributed by atoms with van der Waals surface area (Å²) in [6, 6.07) is 8.13. The SMILES string of the molecule is CCc1nc(N)c(C)c(Cc2nc3ccccc3n2C)n1. The molecule has 5 heteroatoms. The van der Waals surface area contributed by atoms with Crippen molar-refractivity contribution in [1.29, 1.82) is 0 Å². The molecule has 0 amide bonds. The number of benzene rings is 1. The van der Waals surface area contributed by atoms with Gasteiger partial charge in [-0.25, -0.2) is 15.0 Å². The summed E-state index contributed by atoms with van der Waals surface area (Å²) >= 11 is 0. The van der Waals surface area contributed by atoms with Crippen LogP contribution < -0.4 is 5.73 Å². The number of anilines is 1. The number of nitrogens with two attached hydrogens (primary N) is 1. The zero-order valence-corrected chi connectivity index (χ0v) is 12.6. The van der Waals surface area contributed by atoms with Crippen molar-refractivity contribution in [3.8, 4) is 0 Å². The highest BCUT2D eigenvalue weighted by Gasteiger charge is 2.13. The Hall–Kier alpha value is -2.43. The van der Waals surface area contributed by atoms with E-state index in [1.807, 2.05) is 39.1 Å². The van der Waals surface area contributed by atoms with Crippen molar-refractivity contribution in [2.75, 3.05) is 5.73 Å². The number of hydrogen-bond acceptors (Lipinski definition) is 4. The molecule has 0 atom stereocenters. The van der Waals surface area contributed by atoms with E-state index in [0.717, 1.165) is 40.4 Å². The lowest BCUT2D eigenvalue weighted by molar-refractivity contribution is 0.810. The van der Waals surface area contributed by atoms with Gasteiger partial charge >= 0.3 is 0 Å². The second-order valence-corrected chi connectivity index (χ2v) is 5.20. The van der Waals surface area contributed by atoms with Crippen LogP contribution in [-0.2, 0) is 19.9 Å². The molecule has 0 aliphatic rings. The summed E-state index contributed by atoms with van der Waals surface area (Å²) in [4.78, 5) is 13.6. The predicted molar refractivity (Wildman–Crippen MR) is 84.1 cm³/mol. The molecular weight excluding hydrogens is 262 g/mol. The molecule has 1 aromatic carbocycles. The highest BCUT2D eigenvalue weighted by molar-refractivity contribution is 5.75. The van der Waals surface area contributed by atoms with Crippen molar-refractivity contribution < 1.29 is 0 Å². The van der Waals surface area contributed by atoms with E-state index in [4.69, 9.17) is 10.7 Å². The lowest BCUT2D eigenvalue weighted by atomic mass is 10.1. The van der Waals surface area contributed by atoms with E-state index in [1.165, 1.54) is 0 Å². The first kappa shape index (κ1) is 13.5. The molecule has 5 nitrogen and oxygen atoms in total. The molecule has 0 saturated heterocycles. The second kappa shape index (κ2) is 5.16. The minimum atomic E-state index is 0.565. The third-order valence-corrected chi connectivity index (χ3v) is 3.85. The molecular formula is C16H19N5. The Kier molecular flexibility index (Phi) is 3.33. The van der Waals surface area contributed by atoms with Crippen molar-refractivity contribution in [2.24, 2.45) is 7.05 Å². The van der Waals surface area contributed by atoms with Crippen LogP contribution in [0.2, 0.25) is 0 Å². The molecule has 3 aromatic rings. The fourth-order valence-corrected chi connectivity index (χ4v) is 2.47. The molecule has 108 valence electrons. The van der Waals surface area contributed by atoms with Crippen LogP contribution in [0, 0.1) is 6.92 Å². The van der Waals surface area contributed by atoms with Gasteiger partial charge in [-0.2, -0.15) is 0 Å². The van der Waals surface area contributed by atoms with E-state index in [-0.39, 0.29) is 0 Å². The average molecular weight is 281 g/mol. The van der Waals surface area contributed by atoms with Gasteiger partial charge in [0.15, 0.2) is 0 Å². The molecule has 0 aliphatic heterocycles. The van der Waals surface area contributed by atoms with Crippen molar-refractivity contribution in [3.05, 3.63) is 47.2 Å². The van der Waals surface area contributed by atoms with Gasteiger partial charge in [0.1, 0.15) is 17.5 Å². The normalized spacial score (nSPS) is 11.2. The summed E-state index contributed by atoms with van der Waals surface area (Å²) in [5.74, 6) is 2.34. The molecule has 21 heavy (non-hydrogen) atoms. The summed E-state index contributed by atoms with van der Waals surface area (Å²) in [5.41, 5.74) is 10.0. The Morgan fingerprint density at radius 2 is 1.90 bits per heavy atom. The number of hydrogen-bond donors (Lipinski definition) is 1. The molecule has 0 saturated carbocycles. The fraction of sp³-hybridized carbons (Fsp3) is 0.312. The molecule has 0 fully saturated rings. The zero-order valence-electron chi connectivity index (χ0n) is 12.6. The van der Waals surface area contributed by atoms with E-state index in [0.29, 0.717) is 12.2 Å². The first-order valence-corrected chi connectivity index (χ1v) is 7.12. The van der Waals surface area contributed by atoms with Gasteiger partial charge in [-0.05, 0) is 19.1 Å². The zero-order chi connectivity index (χ0) is 15.0. The van der Waals surface area contributed by atoms with Gasteiger partial charge in [-0.3, -0.25) is 0 Å². The Bertz CT molecular complexity index is 804. The van der Waals surface area contributed by atoms with E-state index in [9.17, 15) is 0 Å². The van der Waals surface area contributed by atoms with Crippen molar-refractivity contribution >= 4 is 16.9 Å². The first-order chi connectivity index (χ1) is 10.1. The highest BCUT2D eigenvalue weighted by atomic mass is 15.1. The molecule has 3 rings (SSSR count). The van der Waals surface area contributed by atoms with Crippen LogP contribution in [0.25, 0.3) is 11.0 Å². The van der Waals surface area contributed by atoms with Crippen LogP contribution in [0.3, 0.4) is 0 Å². The Morgan fingerprint density at radius 3 is 2.62 bits per heavy atom. The number of nitrogen functional groups attached to an aromatic ring is 1. The fourth-order valence-electron chi connectivity index (χ4n) is 2.47. The number of aromatic nitrogens is 4. The number of nitrogens with zero attached hydrogens (tertiary/aromatic N) is 4. The van der Waals surface area contributed by atoms with Crippen LogP contribution in [0.15, 0.2) is 24.3 Å². The standard InChI is InChI=1S/C16H19N5/c1-4-14-18-12(10(2)16(17)20-14)9-15-19-11-7-5-6-8-13(11)21(15)3/h5-8H,4,9H2,1-3H3,(H2,17,18,20). The quantitative estimate of drug-likeness (QED) is 0.800. The topological polar surface area (TPSA) is 69.6 Å². The number of fused-ring (bicyclic) bond motifs is 1.